The van der Waals surface area contributed by atoms with Gasteiger partial charge in [0.05, 0.1) is 16.7 Å². The van der Waals surface area contributed by atoms with E-state index in [1.807, 2.05) is 40.6 Å². The molecule has 1 aliphatic heterocycles. The van der Waals surface area contributed by atoms with Gasteiger partial charge < -0.3 is 15.0 Å². The monoisotopic (exact) mass is 401 g/mol. The SMILES string of the molecule is COc1cccc2sc(NC(=O)C3CCN(C(=O)c4cccs4)CC3)nc12. The van der Waals surface area contributed by atoms with E-state index < -0.39 is 0 Å². The van der Waals surface area contributed by atoms with Gasteiger partial charge in [-0.15, -0.1) is 11.3 Å². The van der Waals surface area contributed by atoms with E-state index in [0.717, 1.165) is 15.1 Å². The van der Waals surface area contributed by atoms with Crippen LogP contribution in [0.4, 0.5) is 5.13 Å². The predicted molar refractivity (Wildman–Crippen MR) is 108 cm³/mol. The summed E-state index contributed by atoms with van der Waals surface area (Å²) >= 11 is 2.89. The zero-order chi connectivity index (χ0) is 18.8. The van der Waals surface area contributed by atoms with Crippen molar-refractivity contribution < 1.29 is 14.3 Å². The maximum Gasteiger partial charge on any atom is 0.263 e. The maximum absolute atomic E-state index is 12.6. The zero-order valence-corrected chi connectivity index (χ0v) is 16.4. The number of para-hydroxylation sites is 1. The molecule has 3 heterocycles. The van der Waals surface area contributed by atoms with E-state index >= 15 is 0 Å². The molecule has 1 saturated heterocycles. The zero-order valence-electron chi connectivity index (χ0n) is 14.8. The third kappa shape index (κ3) is 3.68. The molecule has 27 heavy (non-hydrogen) atoms. The number of fused-ring (bicyclic) bond motifs is 1. The normalized spacial score (nSPS) is 15.1. The molecule has 4 rings (SSSR count). The Hall–Kier alpha value is -2.45. The lowest BCUT2D eigenvalue weighted by atomic mass is 9.96. The van der Waals surface area contributed by atoms with E-state index in [2.05, 4.69) is 10.3 Å². The van der Waals surface area contributed by atoms with Crippen LogP contribution in [0.25, 0.3) is 10.2 Å². The highest BCUT2D eigenvalue weighted by Crippen LogP contribution is 2.32. The van der Waals surface area contributed by atoms with Gasteiger partial charge in [0.2, 0.25) is 5.91 Å². The van der Waals surface area contributed by atoms with Gasteiger partial charge in [-0.3, -0.25) is 9.59 Å². The van der Waals surface area contributed by atoms with Crippen LogP contribution in [0.15, 0.2) is 35.7 Å². The molecule has 8 heteroatoms. The fourth-order valence-corrected chi connectivity index (χ4v) is 4.83. The first-order chi connectivity index (χ1) is 13.2. The minimum atomic E-state index is -0.105. The van der Waals surface area contributed by atoms with Gasteiger partial charge >= 0.3 is 0 Å². The Morgan fingerprint density at radius 2 is 2.04 bits per heavy atom. The summed E-state index contributed by atoms with van der Waals surface area (Å²) in [6.07, 6.45) is 1.33. The minimum Gasteiger partial charge on any atom is -0.494 e. The van der Waals surface area contributed by atoms with Crippen LogP contribution in [0.2, 0.25) is 0 Å². The van der Waals surface area contributed by atoms with Crippen molar-refractivity contribution in [2.24, 2.45) is 5.92 Å². The number of likely N-dealkylation sites (tertiary alicyclic amines) is 1. The van der Waals surface area contributed by atoms with E-state index in [-0.39, 0.29) is 17.7 Å². The fraction of sp³-hybridized carbons (Fsp3) is 0.316. The number of anilines is 1. The van der Waals surface area contributed by atoms with Gasteiger partial charge in [0.1, 0.15) is 11.3 Å². The van der Waals surface area contributed by atoms with E-state index in [9.17, 15) is 9.59 Å². The summed E-state index contributed by atoms with van der Waals surface area (Å²) in [5, 5.41) is 5.42. The number of methoxy groups -OCH3 is 1. The van der Waals surface area contributed by atoms with Crippen molar-refractivity contribution in [2.75, 3.05) is 25.5 Å². The number of hydrogen-bond acceptors (Lipinski definition) is 6. The highest BCUT2D eigenvalue weighted by atomic mass is 32.1. The Labute approximate surface area is 164 Å². The van der Waals surface area contributed by atoms with Gasteiger partial charge in [0.15, 0.2) is 5.13 Å². The van der Waals surface area contributed by atoms with Crippen LogP contribution in [0, 0.1) is 5.92 Å². The number of nitrogens with zero attached hydrogens (tertiary/aromatic N) is 2. The summed E-state index contributed by atoms with van der Waals surface area (Å²) in [4.78, 5) is 32.1. The number of rotatable bonds is 4. The second-order valence-corrected chi connectivity index (χ2v) is 8.34. The summed E-state index contributed by atoms with van der Waals surface area (Å²) in [5.74, 6) is 0.620. The number of piperidine rings is 1. The molecule has 140 valence electrons. The number of amides is 2. The van der Waals surface area contributed by atoms with Crippen molar-refractivity contribution in [2.45, 2.75) is 12.8 Å². The molecule has 2 aromatic heterocycles. The summed E-state index contributed by atoms with van der Waals surface area (Å²) in [7, 11) is 1.61. The molecular weight excluding hydrogens is 382 g/mol. The molecule has 1 N–H and O–H groups in total. The molecule has 0 spiro atoms. The topological polar surface area (TPSA) is 71.5 Å². The van der Waals surface area contributed by atoms with Crippen molar-refractivity contribution >= 4 is 49.8 Å². The minimum absolute atomic E-state index is 0.0313. The Morgan fingerprint density at radius 3 is 2.74 bits per heavy atom. The number of carbonyl (C=O) groups excluding carboxylic acids is 2. The van der Waals surface area contributed by atoms with Crippen molar-refractivity contribution in [3.63, 3.8) is 0 Å². The lowest BCUT2D eigenvalue weighted by molar-refractivity contribution is -0.121. The van der Waals surface area contributed by atoms with Gasteiger partial charge in [0.25, 0.3) is 5.91 Å². The lowest BCUT2D eigenvalue weighted by Gasteiger charge is -2.30. The lowest BCUT2D eigenvalue weighted by Crippen LogP contribution is -2.41. The molecule has 1 aromatic carbocycles. The van der Waals surface area contributed by atoms with Crippen LogP contribution in [0.1, 0.15) is 22.5 Å². The van der Waals surface area contributed by atoms with Crippen molar-refractivity contribution in [1.29, 1.82) is 0 Å². The Balaban J connectivity index is 1.38. The molecular formula is C19H19N3O3S2. The van der Waals surface area contributed by atoms with E-state index in [4.69, 9.17) is 4.74 Å². The second-order valence-electron chi connectivity index (χ2n) is 6.36. The quantitative estimate of drug-likeness (QED) is 0.721. The fourth-order valence-electron chi connectivity index (χ4n) is 3.25. The van der Waals surface area contributed by atoms with Gasteiger partial charge in [-0.1, -0.05) is 23.5 Å². The molecule has 1 aliphatic rings. The first-order valence-corrected chi connectivity index (χ1v) is 10.4. The molecule has 1 fully saturated rings. The van der Waals surface area contributed by atoms with Crippen LogP contribution in [0.3, 0.4) is 0 Å². The van der Waals surface area contributed by atoms with Crippen molar-refractivity contribution in [3.8, 4) is 5.75 Å². The van der Waals surface area contributed by atoms with Gasteiger partial charge in [-0.25, -0.2) is 4.98 Å². The first kappa shape index (κ1) is 17.9. The van der Waals surface area contributed by atoms with Crippen LogP contribution >= 0.6 is 22.7 Å². The number of nitrogens with one attached hydrogen (secondary N) is 1. The summed E-state index contributed by atoms with van der Waals surface area (Å²) in [6.45, 7) is 1.20. The maximum atomic E-state index is 12.6. The Kier molecular flexibility index (Phi) is 5.09. The Morgan fingerprint density at radius 1 is 1.22 bits per heavy atom. The van der Waals surface area contributed by atoms with Crippen molar-refractivity contribution in [3.05, 3.63) is 40.6 Å². The first-order valence-electron chi connectivity index (χ1n) is 8.73. The smallest absolute Gasteiger partial charge is 0.263 e. The summed E-state index contributed by atoms with van der Waals surface area (Å²) in [5.41, 5.74) is 0.761. The Bertz CT molecular complexity index is 960. The largest absolute Gasteiger partial charge is 0.494 e. The van der Waals surface area contributed by atoms with Crippen LogP contribution in [0.5, 0.6) is 5.75 Å². The molecule has 0 atom stereocenters. The summed E-state index contributed by atoms with van der Waals surface area (Å²) < 4.78 is 6.29. The van der Waals surface area contributed by atoms with E-state index in [1.54, 1.807) is 7.11 Å². The number of thiazole rings is 1. The molecule has 0 radical (unpaired) electrons. The molecule has 3 aromatic rings. The molecule has 0 bridgehead atoms. The molecule has 0 unspecified atom stereocenters. The number of benzene rings is 1. The second kappa shape index (κ2) is 7.66. The van der Waals surface area contributed by atoms with Crippen LogP contribution in [-0.4, -0.2) is 41.9 Å². The molecule has 6 nitrogen and oxygen atoms in total. The third-order valence-electron chi connectivity index (χ3n) is 4.72. The number of thiophene rings is 1. The van der Waals surface area contributed by atoms with Crippen LogP contribution < -0.4 is 10.1 Å². The van der Waals surface area contributed by atoms with E-state index in [1.165, 1.54) is 22.7 Å². The average Bonchev–Trinajstić information content (AvgIpc) is 3.36. The highest BCUT2D eigenvalue weighted by Gasteiger charge is 2.28. The standard InChI is InChI=1S/C19H19N3O3S2/c1-25-13-4-2-5-14-16(13)20-19(27-14)21-17(23)12-7-9-22(10-8-12)18(24)15-6-3-11-26-15/h2-6,11-12H,7-10H2,1H3,(H,20,21,23). The molecule has 0 saturated carbocycles. The number of ether oxygens (including phenoxy) is 1. The highest BCUT2D eigenvalue weighted by molar-refractivity contribution is 7.22. The predicted octanol–water partition coefficient (Wildman–Crippen LogP) is 3.86. The molecule has 2 amide bonds. The van der Waals surface area contributed by atoms with Crippen molar-refractivity contribution in [1.82, 2.24) is 9.88 Å². The summed E-state index contributed by atoms with van der Waals surface area (Å²) in [6, 6.07) is 9.44. The number of hydrogen-bond donors (Lipinski definition) is 1. The third-order valence-corrected chi connectivity index (χ3v) is 6.51. The van der Waals surface area contributed by atoms with Crippen LogP contribution in [-0.2, 0) is 4.79 Å². The molecule has 0 aliphatic carbocycles. The number of aromatic nitrogens is 1. The van der Waals surface area contributed by atoms with Gasteiger partial charge in [-0.05, 0) is 36.4 Å². The van der Waals surface area contributed by atoms with E-state index in [0.29, 0.717) is 36.8 Å². The van der Waals surface area contributed by atoms with Gasteiger partial charge in [0, 0.05) is 19.0 Å². The van der Waals surface area contributed by atoms with Gasteiger partial charge in [-0.2, -0.15) is 0 Å². The number of carbonyl (C=O) groups is 2. The average molecular weight is 402 g/mol.